The number of rotatable bonds is 13. The molecule has 2 aliphatic heterocycles. The summed E-state index contributed by atoms with van der Waals surface area (Å²) in [5.74, 6) is 0.166. The molecule has 4 fully saturated rings. The van der Waals surface area contributed by atoms with E-state index in [-0.39, 0.29) is 43.1 Å². The molecule has 5 N–H and O–H groups in total. The number of fused-ring (bicyclic) bond motifs is 2. The molecule has 13 nitrogen and oxygen atoms in total. The van der Waals surface area contributed by atoms with Crippen LogP contribution in [0.2, 0.25) is 0 Å². The van der Waals surface area contributed by atoms with E-state index in [1.807, 2.05) is 18.7 Å². The summed E-state index contributed by atoms with van der Waals surface area (Å²) >= 11 is 0. The molecule has 2 aliphatic carbocycles. The van der Waals surface area contributed by atoms with E-state index in [0.717, 1.165) is 12.5 Å². The molecule has 2 saturated carbocycles. The van der Waals surface area contributed by atoms with Gasteiger partial charge in [-0.25, -0.2) is 4.79 Å². The molecule has 0 aromatic carbocycles. The predicted molar refractivity (Wildman–Crippen MR) is 147 cm³/mol. The van der Waals surface area contributed by atoms with Crippen molar-refractivity contribution in [1.82, 2.24) is 20.9 Å². The van der Waals surface area contributed by atoms with Crippen LogP contribution < -0.4 is 16.0 Å². The van der Waals surface area contributed by atoms with Crippen LogP contribution in [-0.2, 0) is 29.2 Å². The highest BCUT2D eigenvalue weighted by molar-refractivity contribution is 7.86. The Morgan fingerprint density at radius 1 is 1.15 bits per heavy atom. The molecular weight excluding hydrogens is 556 g/mol. The lowest BCUT2D eigenvalue weighted by Crippen LogP contribution is -2.55. The lowest BCUT2D eigenvalue weighted by Gasteiger charge is -2.27. The minimum absolute atomic E-state index is 0.0156. The van der Waals surface area contributed by atoms with Gasteiger partial charge >= 0.3 is 6.09 Å². The van der Waals surface area contributed by atoms with Crippen molar-refractivity contribution in [3.05, 3.63) is 0 Å². The Bertz CT molecular complexity index is 1100. The van der Waals surface area contributed by atoms with Gasteiger partial charge in [-0.1, -0.05) is 20.3 Å². The molecule has 2 saturated heterocycles. The number of carbonyl (C=O) groups is 4. The van der Waals surface area contributed by atoms with Gasteiger partial charge < -0.3 is 30.7 Å². The highest BCUT2D eigenvalue weighted by Crippen LogP contribution is 2.48. The van der Waals surface area contributed by atoms with Gasteiger partial charge in [0, 0.05) is 37.9 Å². The second-order valence-corrected chi connectivity index (χ2v) is 14.3. The maximum atomic E-state index is 13.2. The zero-order chi connectivity index (χ0) is 29.9. The SMILES string of the molecule is CC(C)C[C@H](NC(=O)OCC1CC(=O)N(CC2CC3CCC2C3)C1)C(=O)N[C@@H](C[C@@H]1CCNC1=O)C(O)S(=O)(=O)O. The van der Waals surface area contributed by atoms with E-state index in [1.54, 1.807) is 0 Å². The molecule has 0 aromatic rings. The van der Waals surface area contributed by atoms with Gasteiger partial charge in [0.05, 0.1) is 12.6 Å². The fourth-order valence-electron chi connectivity index (χ4n) is 7.02. The molecule has 2 heterocycles. The van der Waals surface area contributed by atoms with Gasteiger partial charge in [0.25, 0.3) is 10.1 Å². The summed E-state index contributed by atoms with van der Waals surface area (Å²) in [5, 5.41) is 17.8. The van der Waals surface area contributed by atoms with Crippen LogP contribution >= 0.6 is 0 Å². The Morgan fingerprint density at radius 3 is 2.49 bits per heavy atom. The molecule has 5 unspecified atom stereocenters. The van der Waals surface area contributed by atoms with Crippen LogP contribution in [0.25, 0.3) is 0 Å². The van der Waals surface area contributed by atoms with Crippen molar-refractivity contribution in [3.63, 3.8) is 0 Å². The molecular formula is C27H44N4O9S. The second-order valence-electron chi connectivity index (χ2n) is 12.8. The summed E-state index contributed by atoms with van der Waals surface area (Å²) < 4.78 is 38.1. The summed E-state index contributed by atoms with van der Waals surface area (Å²) in [6.07, 6.45) is 4.80. The van der Waals surface area contributed by atoms with Gasteiger partial charge in [-0.05, 0) is 62.2 Å². The number of likely N-dealkylation sites (tertiary alicyclic amines) is 1. The molecule has 2 bridgehead atoms. The largest absolute Gasteiger partial charge is 0.449 e. The highest BCUT2D eigenvalue weighted by atomic mass is 32.2. The quantitative estimate of drug-likeness (QED) is 0.189. The van der Waals surface area contributed by atoms with Crippen molar-refractivity contribution in [2.75, 3.05) is 26.2 Å². The number of ether oxygens (including phenoxy) is 1. The molecule has 8 atom stereocenters. The fraction of sp³-hybridized carbons (Fsp3) is 0.852. The van der Waals surface area contributed by atoms with Gasteiger partial charge in [0.2, 0.25) is 23.2 Å². The van der Waals surface area contributed by atoms with Crippen molar-refractivity contribution in [1.29, 1.82) is 0 Å². The lowest BCUT2D eigenvalue weighted by molar-refractivity contribution is -0.128. The van der Waals surface area contributed by atoms with E-state index in [0.29, 0.717) is 37.8 Å². The van der Waals surface area contributed by atoms with E-state index in [9.17, 15) is 37.3 Å². The molecule has 0 spiro atoms. The van der Waals surface area contributed by atoms with E-state index in [4.69, 9.17) is 4.74 Å². The predicted octanol–water partition coefficient (Wildman–Crippen LogP) is 0.629. The van der Waals surface area contributed by atoms with Gasteiger partial charge in [-0.3, -0.25) is 18.9 Å². The minimum atomic E-state index is -4.95. The van der Waals surface area contributed by atoms with Crippen LogP contribution in [0.15, 0.2) is 0 Å². The van der Waals surface area contributed by atoms with Crippen LogP contribution in [0.1, 0.15) is 65.2 Å². The lowest BCUT2D eigenvalue weighted by atomic mass is 9.88. The van der Waals surface area contributed by atoms with E-state index < -0.39 is 45.6 Å². The second kappa shape index (κ2) is 13.2. The number of nitrogens with zero attached hydrogens (tertiary/aromatic N) is 1. The smallest absolute Gasteiger partial charge is 0.407 e. The zero-order valence-corrected chi connectivity index (χ0v) is 24.6. The van der Waals surface area contributed by atoms with Crippen molar-refractivity contribution < 1.29 is 42.0 Å². The van der Waals surface area contributed by atoms with Gasteiger partial charge in [0.15, 0.2) is 0 Å². The number of aliphatic hydroxyl groups excluding tert-OH is 1. The molecule has 4 aliphatic rings. The van der Waals surface area contributed by atoms with Crippen LogP contribution in [-0.4, -0.2) is 90.6 Å². The zero-order valence-electron chi connectivity index (χ0n) is 23.8. The molecule has 4 amide bonds. The average Bonchev–Trinajstić information content (AvgIpc) is 3.67. The summed E-state index contributed by atoms with van der Waals surface area (Å²) in [7, 11) is -4.95. The summed E-state index contributed by atoms with van der Waals surface area (Å²) in [5.41, 5.74) is -2.35. The summed E-state index contributed by atoms with van der Waals surface area (Å²) in [6, 6.07) is -2.61. The molecule has 41 heavy (non-hydrogen) atoms. The number of aliphatic hydroxyl groups is 1. The van der Waals surface area contributed by atoms with Crippen molar-refractivity contribution >= 4 is 33.9 Å². The average molecular weight is 601 g/mol. The number of amides is 4. The molecule has 0 aromatic heterocycles. The van der Waals surface area contributed by atoms with Crippen molar-refractivity contribution in [3.8, 4) is 0 Å². The molecule has 14 heteroatoms. The van der Waals surface area contributed by atoms with E-state index in [1.165, 1.54) is 25.7 Å². The Kier molecular flexibility index (Phi) is 10.2. The first-order valence-electron chi connectivity index (χ1n) is 14.7. The highest BCUT2D eigenvalue weighted by Gasteiger charge is 2.42. The molecule has 232 valence electrons. The third kappa shape index (κ3) is 8.31. The van der Waals surface area contributed by atoms with E-state index in [2.05, 4.69) is 16.0 Å². The normalized spacial score (nSPS) is 29.9. The first-order valence-corrected chi connectivity index (χ1v) is 16.2. The van der Waals surface area contributed by atoms with Crippen molar-refractivity contribution in [2.45, 2.75) is 82.7 Å². The van der Waals surface area contributed by atoms with E-state index >= 15 is 0 Å². The Balaban J connectivity index is 1.29. The van der Waals surface area contributed by atoms with Crippen molar-refractivity contribution in [2.24, 2.45) is 35.5 Å². The molecule has 0 radical (unpaired) electrons. The summed E-state index contributed by atoms with van der Waals surface area (Å²) in [6.45, 7) is 5.34. The first kappa shape index (κ1) is 31.5. The fourth-order valence-corrected chi connectivity index (χ4v) is 7.61. The summed E-state index contributed by atoms with van der Waals surface area (Å²) in [4.78, 5) is 52.3. The number of carbonyl (C=O) groups excluding carboxylic acids is 4. The number of nitrogens with one attached hydrogen (secondary N) is 3. The number of hydrogen-bond donors (Lipinski definition) is 5. The van der Waals surface area contributed by atoms with Gasteiger partial charge in [-0.2, -0.15) is 8.42 Å². The topological polar surface area (TPSA) is 191 Å². The maximum absolute atomic E-state index is 13.2. The monoisotopic (exact) mass is 600 g/mol. The third-order valence-electron chi connectivity index (χ3n) is 9.08. The van der Waals surface area contributed by atoms with Gasteiger partial charge in [0.1, 0.15) is 6.04 Å². The van der Waals surface area contributed by atoms with Crippen LogP contribution in [0, 0.1) is 35.5 Å². The van der Waals surface area contributed by atoms with Gasteiger partial charge in [-0.15, -0.1) is 0 Å². The number of hydrogen-bond acceptors (Lipinski definition) is 8. The Hall–Kier alpha value is -2.45. The standard InChI is InChI=1S/C27H44N4O9S/c1-15(2)7-21(25(34)29-22(26(35)41(37,38)39)11-19-5-6-28-24(19)33)30-27(36)40-14-17-10-23(32)31(12-17)13-20-9-16-3-4-18(20)8-16/h15-22,26,35H,3-14H2,1-2H3,(H,28,33)(H,29,34)(H,30,36)(H,37,38,39)/t16?,17?,18?,19-,20?,21-,22-,26?/m0/s1. The minimum Gasteiger partial charge on any atom is -0.449 e. The maximum Gasteiger partial charge on any atom is 0.407 e. The van der Waals surface area contributed by atoms with Crippen LogP contribution in [0.5, 0.6) is 0 Å². The van der Waals surface area contributed by atoms with Crippen LogP contribution in [0.4, 0.5) is 4.79 Å². The third-order valence-corrected chi connectivity index (χ3v) is 10.0. The molecule has 4 rings (SSSR count). The Morgan fingerprint density at radius 2 is 1.90 bits per heavy atom. The first-order chi connectivity index (χ1) is 19.3. The number of alkyl carbamates (subject to hydrolysis) is 1. The Labute approximate surface area is 241 Å². The van der Waals surface area contributed by atoms with Crippen LogP contribution in [0.3, 0.4) is 0 Å².